The SMILES string of the molecule is CCc1cccc2c(C(=O)CSc3nnc(-c4cccc(Cl)c4)o3)c[nH]c12. The minimum Gasteiger partial charge on any atom is -0.411 e. The van der Waals surface area contributed by atoms with Crippen molar-refractivity contribution in [3.8, 4) is 11.5 Å². The van der Waals surface area contributed by atoms with Crippen molar-refractivity contribution in [1.29, 1.82) is 0 Å². The third kappa shape index (κ3) is 3.63. The minimum atomic E-state index is 0.0157. The van der Waals surface area contributed by atoms with Gasteiger partial charge in [0.1, 0.15) is 0 Å². The molecule has 0 atom stereocenters. The number of thioether (sulfide) groups is 1. The topological polar surface area (TPSA) is 71.8 Å². The van der Waals surface area contributed by atoms with Gasteiger partial charge in [0.05, 0.1) is 5.75 Å². The van der Waals surface area contributed by atoms with E-state index in [1.165, 1.54) is 17.3 Å². The third-order valence-electron chi connectivity index (χ3n) is 4.29. The van der Waals surface area contributed by atoms with Crippen molar-refractivity contribution in [3.63, 3.8) is 0 Å². The third-order valence-corrected chi connectivity index (χ3v) is 5.34. The van der Waals surface area contributed by atoms with E-state index in [2.05, 4.69) is 28.2 Å². The van der Waals surface area contributed by atoms with Crippen LogP contribution in [-0.2, 0) is 6.42 Å². The summed E-state index contributed by atoms with van der Waals surface area (Å²) < 4.78 is 5.64. The first kappa shape index (κ1) is 17.8. The standard InChI is InChI=1S/C20H16ClN3O2S/c1-2-12-5-4-8-15-16(10-22-18(12)15)17(25)11-27-20-24-23-19(26-20)13-6-3-7-14(21)9-13/h3-10,22H,2,11H2,1H3. The molecule has 0 amide bonds. The zero-order chi connectivity index (χ0) is 18.8. The Morgan fingerprint density at radius 2 is 2.07 bits per heavy atom. The average Bonchev–Trinajstić information content (AvgIpc) is 3.33. The molecule has 0 aliphatic rings. The maximum Gasteiger partial charge on any atom is 0.277 e. The number of Topliss-reactive ketones (excluding diaryl/α,β-unsaturated/α-hetero) is 1. The molecule has 2 heterocycles. The Hall–Kier alpha value is -2.57. The van der Waals surface area contributed by atoms with Crippen LogP contribution in [0.5, 0.6) is 0 Å². The van der Waals surface area contributed by atoms with E-state index in [0.29, 0.717) is 21.7 Å². The highest BCUT2D eigenvalue weighted by molar-refractivity contribution is 7.99. The number of rotatable bonds is 6. The van der Waals surface area contributed by atoms with E-state index in [1.807, 2.05) is 24.3 Å². The van der Waals surface area contributed by atoms with Crippen LogP contribution in [0.4, 0.5) is 0 Å². The molecule has 0 saturated heterocycles. The van der Waals surface area contributed by atoms with Crippen molar-refractivity contribution < 1.29 is 9.21 Å². The lowest BCUT2D eigenvalue weighted by molar-refractivity contribution is 0.102. The van der Waals surface area contributed by atoms with Crippen LogP contribution in [-0.4, -0.2) is 26.7 Å². The van der Waals surface area contributed by atoms with E-state index >= 15 is 0 Å². The predicted molar refractivity (Wildman–Crippen MR) is 107 cm³/mol. The maximum absolute atomic E-state index is 12.7. The van der Waals surface area contributed by atoms with Crippen molar-refractivity contribution in [2.24, 2.45) is 0 Å². The van der Waals surface area contributed by atoms with E-state index in [9.17, 15) is 4.79 Å². The number of ketones is 1. The van der Waals surface area contributed by atoms with Crippen LogP contribution in [0.3, 0.4) is 0 Å². The minimum absolute atomic E-state index is 0.0157. The molecule has 27 heavy (non-hydrogen) atoms. The number of halogens is 1. The van der Waals surface area contributed by atoms with Gasteiger partial charge in [0, 0.05) is 33.2 Å². The second kappa shape index (κ2) is 7.58. The summed E-state index contributed by atoms with van der Waals surface area (Å²) in [6.07, 6.45) is 2.69. The monoisotopic (exact) mass is 397 g/mol. The predicted octanol–water partition coefficient (Wildman–Crippen LogP) is 5.41. The lowest BCUT2D eigenvalue weighted by atomic mass is 10.1. The average molecular weight is 398 g/mol. The van der Waals surface area contributed by atoms with Gasteiger partial charge in [0.2, 0.25) is 5.89 Å². The fourth-order valence-corrected chi connectivity index (χ4v) is 3.79. The van der Waals surface area contributed by atoms with E-state index in [-0.39, 0.29) is 11.5 Å². The Morgan fingerprint density at radius 3 is 2.89 bits per heavy atom. The van der Waals surface area contributed by atoms with Crippen LogP contribution in [0.15, 0.2) is 58.3 Å². The van der Waals surface area contributed by atoms with Crippen LogP contribution in [0.25, 0.3) is 22.4 Å². The van der Waals surface area contributed by atoms with Crippen molar-refractivity contribution in [2.45, 2.75) is 18.6 Å². The number of fused-ring (bicyclic) bond motifs is 1. The molecule has 0 bridgehead atoms. The van der Waals surface area contributed by atoms with Gasteiger partial charge >= 0.3 is 0 Å². The maximum atomic E-state index is 12.7. The molecule has 136 valence electrons. The second-order valence-electron chi connectivity index (χ2n) is 5.99. The van der Waals surface area contributed by atoms with Gasteiger partial charge in [-0.05, 0) is 30.2 Å². The molecule has 7 heteroatoms. The number of para-hydroxylation sites is 1. The molecule has 0 aliphatic heterocycles. The summed E-state index contributed by atoms with van der Waals surface area (Å²) in [4.78, 5) is 15.9. The number of nitrogens with zero attached hydrogens (tertiary/aromatic N) is 2. The van der Waals surface area contributed by atoms with Crippen LogP contribution >= 0.6 is 23.4 Å². The molecule has 5 nitrogen and oxygen atoms in total. The van der Waals surface area contributed by atoms with Gasteiger partial charge in [-0.2, -0.15) is 0 Å². The fourth-order valence-electron chi connectivity index (χ4n) is 2.95. The molecule has 4 aromatic rings. The zero-order valence-corrected chi connectivity index (χ0v) is 16.1. The van der Waals surface area contributed by atoms with Gasteiger partial charge < -0.3 is 9.40 Å². The van der Waals surface area contributed by atoms with Gasteiger partial charge in [0.15, 0.2) is 5.78 Å². The Labute approximate surface area is 165 Å². The largest absolute Gasteiger partial charge is 0.411 e. The number of H-pyrrole nitrogens is 1. The number of hydrogen-bond donors (Lipinski definition) is 1. The molecule has 0 radical (unpaired) electrons. The molecule has 0 spiro atoms. The van der Waals surface area contributed by atoms with E-state index in [4.69, 9.17) is 16.0 Å². The Kier molecular flexibility index (Phi) is 5.01. The van der Waals surface area contributed by atoms with Crippen LogP contribution in [0.2, 0.25) is 5.02 Å². The number of benzene rings is 2. The van der Waals surface area contributed by atoms with Crippen molar-refractivity contribution in [2.75, 3.05) is 5.75 Å². The van der Waals surface area contributed by atoms with Gasteiger partial charge in [0.25, 0.3) is 5.22 Å². The van der Waals surface area contributed by atoms with Gasteiger partial charge in [-0.25, -0.2) is 0 Å². The highest BCUT2D eigenvalue weighted by atomic mass is 35.5. The van der Waals surface area contributed by atoms with Gasteiger partial charge in [-0.15, -0.1) is 10.2 Å². The first-order valence-corrected chi connectivity index (χ1v) is 9.86. The summed E-state index contributed by atoms with van der Waals surface area (Å²) >= 11 is 7.22. The number of aromatic nitrogens is 3. The lowest BCUT2D eigenvalue weighted by Gasteiger charge is -2.00. The van der Waals surface area contributed by atoms with Crippen LogP contribution in [0.1, 0.15) is 22.8 Å². The molecule has 2 aromatic heterocycles. The number of aryl methyl sites for hydroxylation is 1. The zero-order valence-electron chi connectivity index (χ0n) is 14.5. The first-order chi connectivity index (χ1) is 13.2. The molecule has 0 saturated carbocycles. The van der Waals surface area contributed by atoms with E-state index in [1.54, 1.807) is 18.3 Å². The number of carbonyl (C=O) groups excluding carboxylic acids is 1. The quantitative estimate of drug-likeness (QED) is 0.348. The molecule has 0 unspecified atom stereocenters. The Morgan fingerprint density at radius 1 is 1.22 bits per heavy atom. The van der Waals surface area contributed by atoms with E-state index in [0.717, 1.165) is 22.9 Å². The number of nitrogens with one attached hydrogen (secondary N) is 1. The first-order valence-electron chi connectivity index (χ1n) is 8.50. The fraction of sp³-hybridized carbons (Fsp3) is 0.150. The number of hydrogen-bond acceptors (Lipinski definition) is 5. The molecular formula is C20H16ClN3O2S. The highest BCUT2D eigenvalue weighted by Gasteiger charge is 2.16. The van der Waals surface area contributed by atoms with Gasteiger partial charge in [-0.1, -0.05) is 54.6 Å². The summed E-state index contributed by atoms with van der Waals surface area (Å²) in [6, 6.07) is 13.2. The lowest BCUT2D eigenvalue weighted by Crippen LogP contribution is -2.01. The number of carbonyl (C=O) groups is 1. The number of aromatic amines is 1. The Balaban J connectivity index is 1.49. The molecule has 2 aromatic carbocycles. The summed E-state index contributed by atoms with van der Waals surface area (Å²) in [6.45, 7) is 2.10. The second-order valence-corrected chi connectivity index (χ2v) is 7.35. The van der Waals surface area contributed by atoms with Gasteiger partial charge in [-0.3, -0.25) is 4.79 Å². The van der Waals surface area contributed by atoms with Crippen molar-refractivity contribution in [3.05, 3.63) is 64.8 Å². The highest BCUT2D eigenvalue weighted by Crippen LogP contribution is 2.27. The normalized spacial score (nSPS) is 11.2. The van der Waals surface area contributed by atoms with E-state index < -0.39 is 0 Å². The molecule has 0 fully saturated rings. The Bertz CT molecular complexity index is 1120. The summed E-state index contributed by atoms with van der Waals surface area (Å²) in [5, 5.41) is 9.94. The van der Waals surface area contributed by atoms with Crippen LogP contribution in [0, 0.1) is 0 Å². The summed E-state index contributed by atoms with van der Waals surface area (Å²) in [7, 11) is 0. The van der Waals surface area contributed by atoms with Crippen molar-refractivity contribution >= 4 is 40.0 Å². The summed E-state index contributed by atoms with van der Waals surface area (Å²) in [5.74, 6) is 0.620. The van der Waals surface area contributed by atoms with Crippen LogP contribution < -0.4 is 0 Å². The summed E-state index contributed by atoms with van der Waals surface area (Å²) in [5.41, 5.74) is 3.65. The molecule has 1 N–H and O–H groups in total. The molecular weight excluding hydrogens is 382 g/mol. The molecule has 0 aliphatic carbocycles. The smallest absolute Gasteiger partial charge is 0.277 e. The molecule has 4 rings (SSSR count). The van der Waals surface area contributed by atoms with Crippen molar-refractivity contribution in [1.82, 2.24) is 15.2 Å².